The van der Waals surface area contributed by atoms with Gasteiger partial charge in [-0.2, -0.15) is 0 Å². The molecule has 2 atom stereocenters. The highest BCUT2D eigenvalue weighted by molar-refractivity contribution is 6.13. The topological polar surface area (TPSA) is 37.4 Å². The summed E-state index contributed by atoms with van der Waals surface area (Å²) in [5, 5.41) is 0. The van der Waals surface area contributed by atoms with Gasteiger partial charge in [0.25, 0.3) is 11.8 Å². The van der Waals surface area contributed by atoms with Gasteiger partial charge in [-0.25, -0.2) is 0 Å². The van der Waals surface area contributed by atoms with Crippen molar-refractivity contribution in [1.29, 1.82) is 0 Å². The Bertz CT molecular complexity index is 384. The van der Waals surface area contributed by atoms with Crippen LogP contribution in [0.25, 0.3) is 0 Å². The second-order valence-corrected chi connectivity index (χ2v) is 7.12. The predicted octanol–water partition coefficient (Wildman–Crippen LogP) is 4.61. The van der Waals surface area contributed by atoms with Gasteiger partial charge in [0.05, 0.1) is 0 Å². The molecule has 0 spiro atoms. The van der Waals surface area contributed by atoms with Crippen molar-refractivity contribution in [1.82, 2.24) is 4.90 Å². The Morgan fingerprint density at radius 1 is 0.727 bits per heavy atom. The summed E-state index contributed by atoms with van der Waals surface area (Å²) in [6.45, 7) is 2.38. The molecular weight excluding hydrogens is 274 g/mol. The Hall–Kier alpha value is -1.12. The van der Waals surface area contributed by atoms with Gasteiger partial charge < -0.3 is 0 Å². The molecule has 0 aromatic carbocycles. The molecule has 1 heterocycles. The van der Waals surface area contributed by atoms with Gasteiger partial charge in [-0.3, -0.25) is 14.5 Å². The largest absolute Gasteiger partial charge is 0.272 e. The van der Waals surface area contributed by atoms with E-state index in [1.807, 2.05) is 0 Å². The van der Waals surface area contributed by atoms with Gasteiger partial charge in [0.15, 0.2) is 0 Å². The summed E-state index contributed by atoms with van der Waals surface area (Å²) in [5.41, 5.74) is 0. The Morgan fingerprint density at radius 3 is 1.68 bits per heavy atom. The van der Waals surface area contributed by atoms with Crippen LogP contribution in [0.4, 0.5) is 0 Å². The van der Waals surface area contributed by atoms with E-state index in [0.717, 1.165) is 31.6 Å². The van der Waals surface area contributed by atoms with E-state index in [1.165, 1.54) is 68.4 Å². The van der Waals surface area contributed by atoms with E-state index >= 15 is 0 Å². The van der Waals surface area contributed by atoms with Crippen molar-refractivity contribution in [2.45, 2.75) is 90.0 Å². The molecule has 0 N–H and O–H groups in total. The molecule has 22 heavy (non-hydrogen) atoms. The smallest absolute Gasteiger partial charge is 0.253 e. The summed E-state index contributed by atoms with van der Waals surface area (Å²) in [6, 6.07) is 0.121. The van der Waals surface area contributed by atoms with Crippen molar-refractivity contribution in [2.24, 2.45) is 5.92 Å². The first kappa shape index (κ1) is 17.2. The molecule has 3 heteroatoms. The monoisotopic (exact) mass is 305 g/mol. The molecule has 124 valence electrons. The Labute approximate surface area is 135 Å². The minimum atomic E-state index is -0.107. The lowest BCUT2D eigenvalue weighted by molar-refractivity contribution is -0.139. The van der Waals surface area contributed by atoms with E-state index in [9.17, 15) is 9.59 Å². The molecule has 0 bridgehead atoms. The van der Waals surface area contributed by atoms with Crippen LogP contribution < -0.4 is 0 Å². The van der Waals surface area contributed by atoms with E-state index in [2.05, 4.69) is 6.92 Å². The number of rotatable bonds is 1. The van der Waals surface area contributed by atoms with E-state index in [4.69, 9.17) is 0 Å². The number of carbonyl (C=O) groups excluding carboxylic acids is 2. The third kappa shape index (κ3) is 5.26. The first-order chi connectivity index (χ1) is 10.7. The molecule has 2 amide bonds. The molecule has 1 saturated carbocycles. The molecule has 1 aliphatic carbocycles. The standard InChI is InChI=1S/C19H31NO2/c1-16-10-6-3-2-4-8-12-17(13-9-5-7-11-16)20-18(21)14-15-19(20)22/h14-17H,2-13H2,1H3. The van der Waals surface area contributed by atoms with Gasteiger partial charge in [-0.15, -0.1) is 0 Å². The van der Waals surface area contributed by atoms with Gasteiger partial charge in [-0.05, 0) is 18.8 Å². The predicted molar refractivity (Wildman–Crippen MR) is 89.3 cm³/mol. The molecule has 2 unspecified atom stereocenters. The van der Waals surface area contributed by atoms with Crippen LogP contribution in [0.2, 0.25) is 0 Å². The van der Waals surface area contributed by atoms with Gasteiger partial charge in [0, 0.05) is 18.2 Å². The number of imide groups is 1. The fourth-order valence-electron chi connectivity index (χ4n) is 3.77. The second-order valence-electron chi connectivity index (χ2n) is 7.12. The molecule has 0 radical (unpaired) electrons. The Morgan fingerprint density at radius 2 is 1.14 bits per heavy atom. The van der Waals surface area contributed by atoms with E-state index in [-0.39, 0.29) is 17.9 Å². The quantitative estimate of drug-likeness (QED) is 0.663. The van der Waals surface area contributed by atoms with Crippen LogP contribution in [0, 0.1) is 5.92 Å². The Balaban J connectivity index is 1.88. The normalized spacial score (nSPS) is 29.6. The highest BCUT2D eigenvalue weighted by atomic mass is 16.2. The SMILES string of the molecule is CC1CCCCCCCC(N2C(=O)C=CC2=O)CCCCC1. The number of nitrogens with zero attached hydrogens (tertiary/aromatic N) is 1. The summed E-state index contributed by atoms with van der Waals surface area (Å²) < 4.78 is 0. The summed E-state index contributed by atoms with van der Waals surface area (Å²) >= 11 is 0. The molecule has 1 fully saturated rings. The molecule has 2 aliphatic rings. The van der Waals surface area contributed by atoms with Gasteiger partial charge in [0.1, 0.15) is 0 Å². The lowest BCUT2D eigenvalue weighted by Gasteiger charge is -2.26. The lowest BCUT2D eigenvalue weighted by Crippen LogP contribution is -2.40. The number of hydrogen-bond acceptors (Lipinski definition) is 2. The van der Waals surface area contributed by atoms with Crippen molar-refractivity contribution in [2.75, 3.05) is 0 Å². The van der Waals surface area contributed by atoms with E-state index < -0.39 is 0 Å². The molecular formula is C19H31NO2. The zero-order chi connectivity index (χ0) is 15.8. The van der Waals surface area contributed by atoms with Crippen molar-refractivity contribution in [3.8, 4) is 0 Å². The van der Waals surface area contributed by atoms with Gasteiger partial charge in [0.2, 0.25) is 0 Å². The molecule has 3 nitrogen and oxygen atoms in total. The first-order valence-corrected chi connectivity index (χ1v) is 9.23. The Kier molecular flexibility index (Phi) is 7.14. The van der Waals surface area contributed by atoms with Crippen molar-refractivity contribution in [3.05, 3.63) is 12.2 Å². The maximum absolute atomic E-state index is 11.9. The zero-order valence-corrected chi connectivity index (χ0v) is 14.1. The molecule has 0 aromatic rings. The van der Waals surface area contributed by atoms with Crippen LogP contribution >= 0.6 is 0 Å². The van der Waals surface area contributed by atoms with Gasteiger partial charge >= 0.3 is 0 Å². The van der Waals surface area contributed by atoms with Crippen molar-refractivity contribution >= 4 is 11.8 Å². The highest BCUT2D eigenvalue weighted by Crippen LogP contribution is 2.24. The molecule has 0 saturated heterocycles. The molecule has 0 aromatic heterocycles. The highest BCUT2D eigenvalue weighted by Gasteiger charge is 2.30. The van der Waals surface area contributed by atoms with Crippen molar-refractivity contribution in [3.63, 3.8) is 0 Å². The fourth-order valence-corrected chi connectivity index (χ4v) is 3.77. The van der Waals surface area contributed by atoms with Crippen LogP contribution in [0.5, 0.6) is 0 Å². The van der Waals surface area contributed by atoms with Crippen LogP contribution in [0.1, 0.15) is 84.0 Å². The van der Waals surface area contributed by atoms with Crippen LogP contribution in [0.3, 0.4) is 0 Å². The van der Waals surface area contributed by atoms with Crippen LogP contribution in [0.15, 0.2) is 12.2 Å². The number of amides is 2. The lowest BCUT2D eigenvalue weighted by atomic mass is 9.93. The number of carbonyl (C=O) groups is 2. The zero-order valence-electron chi connectivity index (χ0n) is 14.1. The average Bonchev–Trinajstić information content (AvgIpc) is 2.82. The van der Waals surface area contributed by atoms with E-state index in [0.29, 0.717) is 0 Å². The summed E-state index contributed by atoms with van der Waals surface area (Å²) in [7, 11) is 0. The first-order valence-electron chi connectivity index (χ1n) is 9.23. The summed E-state index contributed by atoms with van der Waals surface area (Å²) in [6.07, 6.45) is 17.5. The molecule has 2 rings (SSSR count). The fraction of sp³-hybridized carbons (Fsp3) is 0.789. The van der Waals surface area contributed by atoms with Crippen molar-refractivity contribution < 1.29 is 9.59 Å². The second kappa shape index (κ2) is 9.12. The van der Waals surface area contributed by atoms with Gasteiger partial charge in [-0.1, -0.05) is 71.1 Å². The third-order valence-electron chi connectivity index (χ3n) is 5.18. The maximum Gasteiger partial charge on any atom is 0.253 e. The van der Waals surface area contributed by atoms with Crippen LogP contribution in [-0.4, -0.2) is 22.8 Å². The summed E-state index contributed by atoms with van der Waals surface area (Å²) in [4.78, 5) is 25.3. The summed E-state index contributed by atoms with van der Waals surface area (Å²) in [5.74, 6) is 0.638. The third-order valence-corrected chi connectivity index (χ3v) is 5.18. The minimum absolute atomic E-state index is 0.107. The van der Waals surface area contributed by atoms with E-state index in [1.54, 1.807) is 0 Å². The number of hydrogen-bond donors (Lipinski definition) is 0. The average molecular weight is 305 g/mol. The maximum atomic E-state index is 11.9. The molecule has 1 aliphatic heterocycles. The van der Waals surface area contributed by atoms with Crippen LogP contribution in [-0.2, 0) is 9.59 Å². The minimum Gasteiger partial charge on any atom is -0.272 e.